The molecule has 0 aliphatic carbocycles. The van der Waals surface area contributed by atoms with Gasteiger partial charge >= 0.3 is 0 Å². The van der Waals surface area contributed by atoms with Gasteiger partial charge in [-0.25, -0.2) is 0 Å². The SMILES string of the molecule is Cc1cc(C)cc(OCCOc2ccc(/C(=C(\c3ccccc3)c3ccc(C(N)=O)cc3)c3ccccc3)cc2)c1. The van der Waals surface area contributed by atoms with Crippen LogP contribution in [-0.4, -0.2) is 19.1 Å². The summed E-state index contributed by atoms with van der Waals surface area (Å²) >= 11 is 0. The minimum atomic E-state index is -0.444. The molecule has 0 aromatic heterocycles. The van der Waals surface area contributed by atoms with Crippen LogP contribution in [0, 0.1) is 13.8 Å². The Kier molecular flexibility index (Phi) is 8.61. The fourth-order valence-electron chi connectivity index (χ4n) is 4.97. The number of primary amides is 1. The molecule has 0 unspecified atom stereocenters. The Morgan fingerprint density at radius 1 is 0.512 bits per heavy atom. The highest BCUT2D eigenvalue weighted by molar-refractivity contribution is 6.05. The summed E-state index contributed by atoms with van der Waals surface area (Å²) in [6, 6.07) is 42.4. The average Bonchev–Trinajstić information content (AvgIpc) is 2.99. The number of carbonyl (C=O) groups excluding carboxylic acids is 1. The number of rotatable bonds is 10. The highest BCUT2D eigenvalue weighted by Crippen LogP contribution is 2.37. The lowest BCUT2D eigenvalue weighted by Crippen LogP contribution is -2.10. The molecule has 5 aromatic carbocycles. The quantitative estimate of drug-likeness (QED) is 0.145. The molecule has 0 aliphatic rings. The first-order valence-electron chi connectivity index (χ1n) is 13.7. The monoisotopic (exact) mass is 539 g/mol. The minimum Gasteiger partial charge on any atom is -0.490 e. The fourth-order valence-corrected chi connectivity index (χ4v) is 4.97. The van der Waals surface area contributed by atoms with Crippen LogP contribution in [0.1, 0.15) is 43.7 Å². The Morgan fingerprint density at radius 2 is 0.902 bits per heavy atom. The van der Waals surface area contributed by atoms with E-state index in [1.54, 1.807) is 12.1 Å². The van der Waals surface area contributed by atoms with Crippen molar-refractivity contribution in [1.82, 2.24) is 0 Å². The van der Waals surface area contributed by atoms with E-state index in [0.717, 1.165) is 44.9 Å². The molecule has 0 radical (unpaired) electrons. The molecule has 0 atom stereocenters. The third-order valence-corrected chi connectivity index (χ3v) is 6.79. The van der Waals surface area contributed by atoms with Crippen molar-refractivity contribution in [3.63, 3.8) is 0 Å². The average molecular weight is 540 g/mol. The van der Waals surface area contributed by atoms with Gasteiger partial charge in [-0.05, 0) is 94.8 Å². The van der Waals surface area contributed by atoms with Gasteiger partial charge in [0.2, 0.25) is 5.91 Å². The van der Waals surface area contributed by atoms with Crippen molar-refractivity contribution in [2.24, 2.45) is 5.73 Å². The molecule has 0 saturated heterocycles. The van der Waals surface area contributed by atoms with Crippen molar-refractivity contribution in [3.8, 4) is 11.5 Å². The summed E-state index contributed by atoms with van der Waals surface area (Å²) < 4.78 is 11.9. The maximum absolute atomic E-state index is 11.7. The third kappa shape index (κ3) is 6.92. The number of amides is 1. The van der Waals surface area contributed by atoms with Crippen molar-refractivity contribution in [2.75, 3.05) is 13.2 Å². The Bertz CT molecular complexity index is 1620. The van der Waals surface area contributed by atoms with Gasteiger partial charge in [0.15, 0.2) is 0 Å². The molecule has 0 bridgehead atoms. The van der Waals surface area contributed by atoms with Crippen LogP contribution in [0.15, 0.2) is 127 Å². The van der Waals surface area contributed by atoms with E-state index in [1.165, 1.54) is 11.1 Å². The van der Waals surface area contributed by atoms with E-state index >= 15 is 0 Å². The van der Waals surface area contributed by atoms with Gasteiger partial charge < -0.3 is 15.2 Å². The highest BCUT2D eigenvalue weighted by Gasteiger charge is 2.17. The topological polar surface area (TPSA) is 61.6 Å². The zero-order valence-electron chi connectivity index (χ0n) is 23.3. The van der Waals surface area contributed by atoms with Crippen LogP contribution in [0.5, 0.6) is 11.5 Å². The first-order valence-corrected chi connectivity index (χ1v) is 13.7. The Hall–Kier alpha value is -5.09. The minimum absolute atomic E-state index is 0.440. The van der Waals surface area contributed by atoms with Gasteiger partial charge in [0, 0.05) is 5.56 Å². The van der Waals surface area contributed by atoms with E-state index < -0.39 is 5.91 Å². The second-order valence-corrected chi connectivity index (χ2v) is 9.97. The molecule has 204 valence electrons. The van der Waals surface area contributed by atoms with Crippen LogP contribution in [0.25, 0.3) is 11.1 Å². The number of benzene rings is 5. The van der Waals surface area contributed by atoms with Crippen LogP contribution >= 0.6 is 0 Å². The Balaban J connectivity index is 1.47. The molecule has 5 rings (SSSR count). The molecule has 4 nitrogen and oxygen atoms in total. The van der Waals surface area contributed by atoms with E-state index in [4.69, 9.17) is 15.2 Å². The van der Waals surface area contributed by atoms with Gasteiger partial charge in [-0.1, -0.05) is 91.0 Å². The van der Waals surface area contributed by atoms with Crippen LogP contribution in [0.4, 0.5) is 0 Å². The zero-order valence-corrected chi connectivity index (χ0v) is 23.3. The lowest BCUT2D eigenvalue weighted by molar-refractivity contribution is 0.100. The van der Waals surface area contributed by atoms with Crippen LogP contribution in [-0.2, 0) is 0 Å². The molecular formula is C37H33NO3. The number of nitrogens with two attached hydrogens (primary N) is 1. The number of ether oxygens (including phenoxy) is 2. The van der Waals surface area contributed by atoms with E-state index in [-0.39, 0.29) is 0 Å². The van der Waals surface area contributed by atoms with Crippen LogP contribution in [0.3, 0.4) is 0 Å². The molecular weight excluding hydrogens is 506 g/mol. The number of hydrogen-bond acceptors (Lipinski definition) is 3. The summed E-state index contributed by atoms with van der Waals surface area (Å²) in [5.74, 6) is 1.19. The van der Waals surface area contributed by atoms with E-state index in [2.05, 4.69) is 56.3 Å². The van der Waals surface area contributed by atoms with Gasteiger partial charge in [-0.2, -0.15) is 0 Å². The summed E-state index contributed by atoms with van der Waals surface area (Å²) in [5.41, 5.74) is 14.7. The molecule has 0 fully saturated rings. The van der Waals surface area contributed by atoms with Gasteiger partial charge in [0.25, 0.3) is 0 Å². The number of carbonyl (C=O) groups is 1. The smallest absolute Gasteiger partial charge is 0.248 e. The summed E-state index contributed by atoms with van der Waals surface area (Å²) in [6.45, 7) is 5.03. The van der Waals surface area contributed by atoms with Crippen molar-refractivity contribution >= 4 is 17.1 Å². The van der Waals surface area contributed by atoms with Crippen molar-refractivity contribution < 1.29 is 14.3 Å². The fraction of sp³-hybridized carbons (Fsp3) is 0.108. The van der Waals surface area contributed by atoms with Crippen LogP contribution < -0.4 is 15.2 Å². The van der Waals surface area contributed by atoms with Crippen molar-refractivity contribution in [3.05, 3.63) is 166 Å². The molecule has 0 heterocycles. The van der Waals surface area contributed by atoms with Gasteiger partial charge in [0.1, 0.15) is 24.7 Å². The zero-order chi connectivity index (χ0) is 28.6. The largest absolute Gasteiger partial charge is 0.490 e. The first kappa shape index (κ1) is 27.5. The normalized spacial score (nSPS) is 11.5. The molecule has 5 aromatic rings. The molecule has 0 spiro atoms. The number of hydrogen-bond donors (Lipinski definition) is 1. The predicted octanol–water partition coefficient (Wildman–Crippen LogP) is 7.87. The van der Waals surface area contributed by atoms with Gasteiger partial charge in [-0.15, -0.1) is 0 Å². The first-order chi connectivity index (χ1) is 20.0. The second-order valence-electron chi connectivity index (χ2n) is 9.97. The Labute approximate surface area is 241 Å². The highest BCUT2D eigenvalue weighted by atomic mass is 16.5. The van der Waals surface area contributed by atoms with E-state index in [0.29, 0.717) is 18.8 Å². The van der Waals surface area contributed by atoms with Crippen molar-refractivity contribution in [2.45, 2.75) is 13.8 Å². The van der Waals surface area contributed by atoms with E-state index in [9.17, 15) is 4.79 Å². The van der Waals surface area contributed by atoms with E-state index in [1.807, 2.05) is 72.8 Å². The standard InChI is InChI=1S/C37H33NO3/c1-26-23-27(2)25-34(24-26)41-22-21-40-33-19-17-31(18-20-33)36(29-11-7-4-8-12-29)35(28-9-5-3-6-10-28)30-13-15-32(16-14-30)37(38)39/h3-20,23-25H,21-22H2,1-2H3,(H2,38,39)/b36-35+. The molecule has 0 aliphatic heterocycles. The second kappa shape index (κ2) is 12.8. The molecule has 0 saturated carbocycles. The summed E-state index contributed by atoms with van der Waals surface area (Å²) in [7, 11) is 0. The predicted molar refractivity (Wildman–Crippen MR) is 166 cm³/mol. The molecule has 4 heteroatoms. The lowest BCUT2D eigenvalue weighted by atomic mass is 9.85. The van der Waals surface area contributed by atoms with Crippen molar-refractivity contribution in [1.29, 1.82) is 0 Å². The number of aryl methyl sites for hydroxylation is 2. The maximum atomic E-state index is 11.7. The summed E-state index contributed by atoms with van der Waals surface area (Å²) in [5, 5.41) is 0. The molecule has 1 amide bonds. The van der Waals surface area contributed by atoms with Gasteiger partial charge in [-0.3, -0.25) is 4.79 Å². The third-order valence-electron chi connectivity index (χ3n) is 6.79. The summed E-state index contributed by atoms with van der Waals surface area (Å²) in [4.78, 5) is 11.7. The maximum Gasteiger partial charge on any atom is 0.248 e. The Morgan fingerprint density at radius 3 is 1.37 bits per heavy atom. The summed E-state index contributed by atoms with van der Waals surface area (Å²) in [6.07, 6.45) is 0. The van der Waals surface area contributed by atoms with Gasteiger partial charge in [0.05, 0.1) is 0 Å². The van der Waals surface area contributed by atoms with Crippen LogP contribution in [0.2, 0.25) is 0 Å². The lowest BCUT2D eigenvalue weighted by Gasteiger charge is -2.18. The molecule has 41 heavy (non-hydrogen) atoms. The molecule has 2 N–H and O–H groups in total.